The molecule has 0 heterocycles. The Kier molecular flexibility index (Phi) is 7.37. The fraction of sp³-hybridized carbons (Fsp3) is 0.500. The normalized spacial score (nSPS) is 9.72. The molecule has 0 atom stereocenters. The van der Waals surface area contributed by atoms with Gasteiger partial charge < -0.3 is 4.74 Å². The molecule has 18 heavy (non-hydrogen) atoms. The molecule has 0 saturated heterocycles. The molecule has 2 heteroatoms. The maximum Gasteiger partial charge on any atom is 0.122 e. The number of rotatable bonds is 6. The molecule has 1 aromatic rings. The Morgan fingerprint density at radius 3 is 2.78 bits per heavy atom. The number of unbranched alkanes of at least 4 members (excludes halogenated alkanes) is 2. The van der Waals surface area contributed by atoms with Crippen molar-refractivity contribution in [1.82, 2.24) is 0 Å². The Balaban J connectivity index is 2.54. The van der Waals surface area contributed by atoms with Gasteiger partial charge in [-0.2, -0.15) is 0 Å². The molecule has 0 N–H and O–H groups in total. The Hall–Kier alpha value is -1.13. The zero-order chi connectivity index (χ0) is 13.2. The largest absolute Gasteiger partial charge is 0.493 e. The summed E-state index contributed by atoms with van der Waals surface area (Å²) in [4.78, 5) is 0. The van der Waals surface area contributed by atoms with Crippen LogP contribution < -0.4 is 4.74 Å². The number of aryl methyl sites for hydroxylation is 1. The van der Waals surface area contributed by atoms with Crippen LogP contribution in [0.15, 0.2) is 18.2 Å². The van der Waals surface area contributed by atoms with Crippen molar-refractivity contribution in [3.8, 4) is 17.6 Å². The summed E-state index contributed by atoms with van der Waals surface area (Å²) in [5.74, 6) is 7.69. The van der Waals surface area contributed by atoms with Crippen molar-refractivity contribution in [3.05, 3.63) is 29.3 Å². The van der Waals surface area contributed by atoms with Gasteiger partial charge in [-0.3, -0.25) is 0 Å². The van der Waals surface area contributed by atoms with E-state index in [0.717, 1.165) is 36.3 Å². The van der Waals surface area contributed by atoms with Crippen LogP contribution in [0, 0.1) is 18.8 Å². The number of ether oxygens (including phenoxy) is 1. The first kappa shape index (κ1) is 14.9. The van der Waals surface area contributed by atoms with E-state index in [2.05, 4.69) is 31.8 Å². The van der Waals surface area contributed by atoms with Gasteiger partial charge in [-0.05, 0) is 37.1 Å². The van der Waals surface area contributed by atoms with Crippen LogP contribution in [0.4, 0.5) is 0 Å². The van der Waals surface area contributed by atoms with E-state index in [1.165, 1.54) is 12.8 Å². The van der Waals surface area contributed by atoms with Gasteiger partial charge in [0.05, 0.1) is 6.61 Å². The smallest absolute Gasteiger partial charge is 0.122 e. The Bertz CT molecular complexity index is 415. The first-order chi connectivity index (χ1) is 8.77. The quantitative estimate of drug-likeness (QED) is 0.416. The molecule has 0 aliphatic rings. The van der Waals surface area contributed by atoms with Gasteiger partial charge >= 0.3 is 0 Å². The highest BCUT2D eigenvalue weighted by atomic mass is 35.5. The van der Waals surface area contributed by atoms with Gasteiger partial charge in [-0.1, -0.05) is 31.6 Å². The summed E-state index contributed by atoms with van der Waals surface area (Å²) in [6.45, 7) is 5.05. The molecule has 0 aliphatic carbocycles. The maximum absolute atomic E-state index is 5.75. The second-order valence-corrected chi connectivity index (χ2v) is 4.65. The topological polar surface area (TPSA) is 9.23 Å². The lowest BCUT2D eigenvalue weighted by Gasteiger charge is -2.08. The predicted octanol–water partition coefficient (Wildman–Crippen LogP) is 4.54. The predicted molar refractivity (Wildman–Crippen MR) is 78.4 cm³/mol. The molecule has 0 bridgehead atoms. The summed E-state index contributed by atoms with van der Waals surface area (Å²) in [5.41, 5.74) is 2.17. The molecule has 0 aromatic heterocycles. The minimum atomic E-state index is 0.588. The molecule has 1 rings (SSSR count). The number of hydrogen-bond donors (Lipinski definition) is 0. The van der Waals surface area contributed by atoms with Crippen LogP contribution in [0.5, 0.6) is 5.75 Å². The molecule has 0 amide bonds. The van der Waals surface area contributed by atoms with Crippen molar-refractivity contribution in [3.63, 3.8) is 0 Å². The van der Waals surface area contributed by atoms with Crippen LogP contribution in [0.25, 0.3) is 0 Å². The van der Waals surface area contributed by atoms with E-state index in [1.807, 2.05) is 12.1 Å². The Morgan fingerprint density at radius 1 is 1.28 bits per heavy atom. The van der Waals surface area contributed by atoms with E-state index in [1.54, 1.807) is 0 Å². The summed E-state index contributed by atoms with van der Waals surface area (Å²) in [6.07, 6.45) is 4.29. The summed E-state index contributed by atoms with van der Waals surface area (Å²) < 4.78 is 5.75. The van der Waals surface area contributed by atoms with Gasteiger partial charge in [0.2, 0.25) is 0 Å². The van der Waals surface area contributed by atoms with Gasteiger partial charge in [0.1, 0.15) is 5.75 Å². The minimum Gasteiger partial charge on any atom is -0.493 e. The van der Waals surface area contributed by atoms with Gasteiger partial charge in [-0.15, -0.1) is 11.6 Å². The zero-order valence-corrected chi connectivity index (χ0v) is 12.0. The average Bonchev–Trinajstić information content (AvgIpc) is 2.37. The molecule has 1 nitrogen and oxygen atoms in total. The monoisotopic (exact) mass is 264 g/mol. The maximum atomic E-state index is 5.75. The number of hydrogen-bond acceptors (Lipinski definition) is 1. The highest BCUT2D eigenvalue weighted by Gasteiger charge is 1.99. The van der Waals surface area contributed by atoms with Gasteiger partial charge in [0.15, 0.2) is 0 Å². The molecule has 0 aliphatic heterocycles. The standard InChI is InChI=1S/C16H21ClO/c1-3-4-7-12-18-16-10-9-15(13-14(16)2)8-5-6-11-17/h9-10,13H,3-4,6-7,11-12H2,1-2H3. The average molecular weight is 265 g/mol. The van der Waals surface area contributed by atoms with Gasteiger partial charge in [-0.25, -0.2) is 0 Å². The molecule has 0 fully saturated rings. The van der Waals surface area contributed by atoms with Crippen molar-refractivity contribution in [2.45, 2.75) is 39.5 Å². The lowest BCUT2D eigenvalue weighted by atomic mass is 10.1. The molecule has 0 spiro atoms. The molecule has 0 radical (unpaired) electrons. The summed E-state index contributed by atoms with van der Waals surface area (Å²) in [6, 6.07) is 6.08. The molecule has 98 valence electrons. The van der Waals surface area contributed by atoms with Gasteiger partial charge in [0.25, 0.3) is 0 Å². The van der Waals surface area contributed by atoms with Crippen molar-refractivity contribution in [2.75, 3.05) is 12.5 Å². The van der Waals surface area contributed by atoms with E-state index < -0.39 is 0 Å². The second-order valence-electron chi connectivity index (χ2n) is 4.28. The van der Waals surface area contributed by atoms with Gasteiger partial charge in [0, 0.05) is 17.9 Å². The summed E-state index contributed by atoms with van der Waals surface area (Å²) in [7, 11) is 0. The molecule has 1 aromatic carbocycles. The number of alkyl halides is 1. The highest BCUT2D eigenvalue weighted by Crippen LogP contribution is 2.19. The van der Waals surface area contributed by atoms with E-state index >= 15 is 0 Å². The first-order valence-corrected chi connectivity index (χ1v) is 7.09. The summed E-state index contributed by atoms with van der Waals surface area (Å²) >= 11 is 5.58. The third-order valence-electron chi connectivity index (χ3n) is 2.63. The fourth-order valence-electron chi connectivity index (χ4n) is 1.64. The van der Waals surface area contributed by atoms with Crippen LogP contribution in [0.1, 0.15) is 43.7 Å². The molecule has 0 unspecified atom stereocenters. The lowest BCUT2D eigenvalue weighted by Crippen LogP contribution is -1.98. The van der Waals surface area contributed by atoms with Crippen molar-refractivity contribution < 1.29 is 4.74 Å². The van der Waals surface area contributed by atoms with E-state index in [0.29, 0.717) is 5.88 Å². The summed E-state index contributed by atoms with van der Waals surface area (Å²) in [5, 5.41) is 0. The van der Waals surface area contributed by atoms with E-state index in [-0.39, 0.29) is 0 Å². The van der Waals surface area contributed by atoms with E-state index in [9.17, 15) is 0 Å². The van der Waals surface area contributed by atoms with Crippen LogP contribution >= 0.6 is 11.6 Å². The Morgan fingerprint density at radius 2 is 2.11 bits per heavy atom. The third kappa shape index (κ3) is 5.47. The van der Waals surface area contributed by atoms with Crippen LogP contribution in [-0.4, -0.2) is 12.5 Å². The fourth-order valence-corrected chi connectivity index (χ4v) is 1.73. The van der Waals surface area contributed by atoms with E-state index in [4.69, 9.17) is 16.3 Å². The second kappa shape index (κ2) is 8.89. The van der Waals surface area contributed by atoms with Crippen molar-refractivity contribution in [2.24, 2.45) is 0 Å². The number of benzene rings is 1. The third-order valence-corrected chi connectivity index (χ3v) is 2.82. The lowest BCUT2D eigenvalue weighted by molar-refractivity contribution is 0.304. The van der Waals surface area contributed by atoms with Crippen LogP contribution in [0.3, 0.4) is 0 Å². The zero-order valence-electron chi connectivity index (χ0n) is 11.3. The van der Waals surface area contributed by atoms with Crippen molar-refractivity contribution >= 4 is 11.6 Å². The Labute approximate surface area is 115 Å². The van der Waals surface area contributed by atoms with Crippen molar-refractivity contribution in [1.29, 1.82) is 0 Å². The highest BCUT2D eigenvalue weighted by molar-refractivity contribution is 6.18. The minimum absolute atomic E-state index is 0.588. The van der Waals surface area contributed by atoms with Crippen LogP contribution in [0.2, 0.25) is 0 Å². The SMILES string of the molecule is CCCCCOc1ccc(C#CCCCl)cc1C. The first-order valence-electron chi connectivity index (χ1n) is 6.56. The number of halogens is 1. The molecule has 0 saturated carbocycles. The molecular weight excluding hydrogens is 244 g/mol. The van der Waals surface area contributed by atoms with Crippen LogP contribution in [-0.2, 0) is 0 Å². The molecular formula is C16H21ClO.